The fourth-order valence-electron chi connectivity index (χ4n) is 2.94. The highest BCUT2D eigenvalue weighted by atomic mass is 19.4. The lowest BCUT2D eigenvalue weighted by molar-refractivity contribution is -0.138. The van der Waals surface area contributed by atoms with E-state index in [9.17, 15) is 13.2 Å². The molecule has 0 aliphatic carbocycles. The Morgan fingerprint density at radius 2 is 1.82 bits per heavy atom. The molecule has 4 heterocycles. The van der Waals surface area contributed by atoms with Gasteiger partial charge in [0.25, 0.3) is 11.8 Å². The second-order valence-electron chi connectivity index (χ2n) is 6.92. The Morgan fingerprint density at radius 1 is 1.00 bits per heavy atom. The maximum Gasteiger partial charge on any atom is 0.420 e. The summed E-state index contributed by atoms with van der Waals surface area (Å²) in [5.41, 5.74) is -0.322. The molecule has 9 nitrogen and oxygen atoms in total. The maximum atomic E-state index is 14.0. The van der Waals surface area contributed by atoms with Crippen molar-refractivity contribution in [3.63, 3.8) is 0 Å². The molecule has 0 fully saturated rings. The minimum atomic E-state index is -4.74. The Labute approximate surface area is 185 Å². The van der Waals surface area contributed by atoms with Crippen molar-refractivity contribution in [1.29, 1.82) is 0 Å². The van der Waals surface area contributed by atoms with Gasteiger partial charge in [-0.15, -0.1) is 0 Å². The van der Waals surface area contributed by atoms with Crippen LogP contribution in [-0.4, -0.2) is 30.2 Å². The Bertz CT molecular complexity index is 1310. The highest BCUT2D eigenvalue weighted by molar-refractivity contribution is 5.69. The molecule has 33 heavy (non-hydrogen) atoms. The summed E-state index contributed by atoms with van der Waals surface area (Å²) in [5, 5.41) is 7.42. The van der Waals surface area contributed by atoms with Gasteiger partial charge in [0.2, 0.25) is 5.88 Å². The van der Waals surface area contributed by atoms with E-state index in [2.05, 4.69) is 30.2 Å². The monoisotopic (exact) mass is 458 g/mol. The smallest absolute Gasteiger partial charge is 0.420 e. The van der Waals surface area contributed by atoms with Gasteiger partial charge >= 0.3 is 6.18 Å². The summed E-state index contributed by atoms with van der Waals surface area (Å²) in [5.74, 6) is 0.524. The average Bonchev–Trinajstić information content (AvgIpc) is 3.40. The molecule has 0 saturated heterocycles. The highest BCUT2D eigenvalue weighted by Crippen LogP contribution is 2.40. The van der Waals surface area contributed by atoms with Crippen molar-refractivity contribution in [2.45, 2.75) is 33.4 Å². The lowest BCUT2D eigenvalue weighted by Gasteiger charge is -2.15. The lowest BCUT2D eigenvalue weighted by Crippen LogP contribution is -2.10. The van der Waals surface area contributed by atoms with Gasteiger partial charge in [-0.05, 0) is 26.0 Å². The first-order chi connectivity index (χ1) is 15.7. The normalized spacial score (nSPS) is 11.9. The van der Waals surface area contributed by atoms with E-state index in [1.54, 1.807) is 19.9 Å². The van der Waals surface area contributed by atoms with Crippen LogP contribution in [0.4, 0.5) is 13.2 Å². The zero-order chi connectivity index (χ0) is 23.6. The quantitative estimate of drug-likeness (QED) is 0.391. The number of hydrogen-bond acceptors (Lipinski definition) is 9. The predicted molar refractivity (Wildman–Crippen MR) is 109 cm³/mol. The van der Waals surface area contributed by atoms with Crippen molar-refractivity contribution in [2.24, 2.45) is 0 Å². The van der Waals surface area contributed by atoms with Crippen LogP contribution in [0, 0.1) is 13.8 Å². The van der Waals surface area contributed by atoms with Gasteiger partial charge in [0, 0.05) is 41.6 Å². The molecule has 0 atom stereocenters. The van der Waals surface area contributed by atoms with E-state index < -0.39 is 17.5 Å². The number of ether oxygens (including phenoxy) is 1. The minimum absolute atomic E-state index is 0.0751. The molecule has 0 spiro atoms. The van der Waals surface area contributed by atoms with Crippen LogP contribution in [0.2, 0.25) is 0 Å². The van der Waals surface area contributed by atoms with E-state index in [0.717, 1.165) is 12.4 Å². The topological polar surface area (TPSA) is 113 Å². The van der Waals surface area contributed by atoms with E-state index >= 15 is 0 Å². The zero-order valence-electron chi connectivity index (χ0n) is 17.7. The molecular weight excluding hydrogens is 441 g/mol. The van der Waals surface area contributed by atoms with Crippen LogP contribution in [0.5, 0.6) is 11.6 Å². The molecule has 0 amide bonds. The number of hydrogen-bond donors (Lipinski definition) is 0. The van der Waals surface area contributed by atoms with E-state index in [1.807, 2.05) is 6.92 Å². The predicted octanol–water partition coefficient (Wildman–Crippen LogP) is 5.07. The van der Waals surface area contributed by atoms with Crippen LogP contribution in [0.1, 0.15) is 41.3 Å². The fourth-order valence-corrected chi connectivity index (χ4v) is 2.94. The van der Waals surface area contributed by atoms with Gasteiger partial charge in [-0.2, -0.15) is 23.1 Å². The number of rotatable bonds is 6. The van der Waals surface area contributed by atoms with Gasteiger partial charge in [-0.1, -0.05) is 17.2 Å². The molecule has 12 heteroatoms. The van der Waals surface area contributed by atoms with Crippen LogP contribution < -0.4 is 4.74 Å². The molecule has 0 aromatic carbocycles. The van der Waals surface area contributed by atoms with E-state index in [4.69, 9.17) is 13.8 Å². The minimum Gasteiger partial charge on any atom is -0.437 e. The van der Waals surface area contributed by atoms with Crippen molar-refractivity contribution in [2.75, 3.05) is 0 Å². The average molecular weight is 458 g/mol. The molecule has 0 radical (unpaired) electrons. The summed E-state index contributed by atoms with van der Waals surface area (Å²) in [6, 6.07) is 3.06. The second kappa shape index (κ2) is 8.81. The molecule has 4 rings (SSSR count). The molecule has 0 bridgehead atoms. The van der Waals surface area contributed by atoms with Crippen LogP contribution in [0.15, 0.2) is 33.6 Å². The summed E-state index contributed by atoms with van der Waals surface area (Å²) in [6.45, 7) is 5.14. The first kappa shape index (κ1) is 22.1. The Hall–Kier alpha value is -4.09. The molecule has 4 aromatic heterocycles. The molecule has 0 N–H and O–H groups in total. The Balaban J connectivity index is 1.71. The van der Waals surface area contributed by atoms with Gasteiger partial charge < -0.3 is 13.8 Å². The first-order valence-electron chi connectivity index (χ1n) is 9.76. The standard InChI is InChI=1S/C21H17F3N6O3/c1-4-16-28-17(32-30-16)6-5-13-9-25-10-15(19(13)21(22,23)24)31-18-8-14(7-11(2)26-18)20-27-12(3)29-33-20/h5-10H,4H2,1-3H3/b6-5+. The molecule has 170 valence electrons. The number of alkyl halides is 3. The molecule has 0 saturated carbocycles. The van der Waals surface area contributed by atoms with Gasteiger partial charge in [0.05, 0.1) is 6.20 Å². The summed E-state index contributed by atoms with van der Waals surface area (Å²) < 4.78 is 57.6. The van der Waals surface area contributed by atoms with Crippen LogP contribution in [0.25, 0.3) is 23.6 Å². The fraction of sp³-hybridized carbons (Fsp3) is 0.238. The van der Waals surface area contributed by atoms with Crippen molar-refractivity contribution in [3.05, 3.63) is 58.9 Å². The third-order valence-electron chi connectivity index (χ3n) is 4.35. The molecule has 0 aliphatic rings. The lowest BCUT2D eigenvalue weighted by atomic mass is 10.1. The van der Waals surface area contributed by atoms with Crippen molar-refractivity contribution in [3.8, 4) is 23.1 Å². The van der Waals surface area contributed by atoms with Crippen molar-refractivity contribution < 1.29 is 27.0 Å². The second-order valence-corrected chi connectivity index (χ2v) is 6.92. The maximum absolute atomic E-state index is 14.0. The summed E-state index contributed by atoms with van der Waals surface area (Å²) in [6.07, 6.45) is 0.305. The van der Waals surface area contributed by atoms with Gasteiger partial charge in [0.15, 0.2) is 17.4 Å². The number of pyridine rings is 2. The third kappa shape index (κ3) is 5.05. The zero-order valence-corrected chi connectivity index (χ0v) is 17.7. The first-order valence-corrected chi connectivity index (χ1v) is 9.76. The summed E-state index contributed by atoms with van der Waals surface area (Å²) >= 11 is 0. The number of aryl methyl sites for hydroxylation is 3. The van der Waals surface area contributed by atoms with E-state index in [-0.39, 0.29) is 23.2 Å². The van der Waals surface area contributed by atoms with Crippen molar-refractivity contribution in [1.82, 2.24) is 30.2 Å². The molecule has 0 aliphatic heterocycles. The number of nitrogens with zero attached hydrogens (tertiary/aromatic N) is 6. The number of aromatic nitrogens is 6. The van der Waals surface area contributed by atoms with E-state index in [1.165, 1.54) is 18.2 Å². The van der Waals surface area contributed by atoms with Gasteiger partial charge in [0.1, 0.15) is 5.56 Å². The van der Waals surface area contributed by atoms with Crippen LogP contribution >= 0.6 is 0 Å². The van der Waals surface area contributed by atoms with Crippen LogP contribution in [-0.2, 0) is 12.6 Å². The highest BCUT2D eigenvalue weighted by Gasteiger charge is 2.37. The largest absolute Gasteiger partial charge is 0.437 e. The van der Waals surface area contributed by atoms with Crippen LogP contribution in [0.3, 0.4) is 0 Å². The van der Waals surface area contributed by atoms with Gasteiger partial charge in [-0.25, -0.2) is 4.98 Å². The van der Waals surface area contributed by atoms with E-state index in [0.29, 0.717) is 29.3 Å². The SMILES string of the molecule is CCc1noc(/C=C/c2cncc(Oc3cc(-c4nc(C)no4)cc(C)n3)c2C(F)(F)F)n1. The number of halogens is 3. The van der Waals surface area contributed by atoms with Gasteiger partial charge in [-0.3, -0.25) is 4.98 Å². The Morgan fingerprint density at radius 3 is 2.48 bits per heavy atom. The van der Waals surface area contributed by atoms with Crippen molar-refractivity contribution >= 4 is 12.2 Å². The molecule has 0 unspecified atom stereocenters. The summed E-state index contributed by atoms with van der Waals surface area (Å²) in [4.78, 5) is 16.2. The molecular formula is C21H17F3N6O3. The molecule has 4 aromatic rings. The third-order valence-corrected chi connectivity index (χ3v) is 4.35. The summed E-state index contributed by atoms with van der Waals surface area (Å²) in [7, 11) is 0. The Kier molecular flexibility index (Phi) is 5.90.